The lowest BCUT2D eigenvalue weighted by Gasteiger charge is -2.19. The summed E-state index contributed by atoms with van der Waals surface area (Å²) in [4.78, 5) is 23.1. The quantitative estimate of drug-likeness (QED) is 0.709. The fourth-order valence-corrected chi connectivity index (χ4v) is 2.83. The van der Waals surface area contributed by atoms with Gasteiger partial charge in [-0.1, -0.05) is 30.3 Å². The van der Waals surface area contributed by atoms with E-state index in [-0.39, 0.29) is 17.6 Å². The lowest BCUT2D eigenvalue weighted by molar-refractivity contribution is 0.0989. The molecule has 26 heavy (non-hydrogen) atoms. The number of hydrogen-bond donors (Lipinski definition) is 0. The van der Waals surface area contributed by atoms with Crippen LogP contribution in [0.15, 0.2) is 54.7 Å². The highest BCUT2D eigenvalue weighted by atomic mass is 19.1. The maximum Gasteiger partial charge on any atom is 0.265 e. The summed E-state index contributed by atoms with van der Waals surface area (Å²) in [6.45, 7) is 2.41. The van der Waals surface area contributed by atoms with Gasteiger partial charge in [-0.25, -0.2) is 9.37 Å². The number of carbonyl (C=O) groups excluding carboxylic acids is 1. The molecule has 0 spiro atoms. The van der Waals surface area contributed by atoms with E-state index >= 15 is 0 Å². The normalized spacial score (nSPS) is 13.8. The summed E-state index contributed by atoms with van der Waals surface area (Å²) < 4.78 is 19.5. The highest BCUT2D eigenvalue weighted by Crippen LogP contribution is 2.27. The Hall–Kier alpha value is -3.28. The van der Waals surface area contributed by atoms with Crippen molar-refractivity contribution >= 4 is 11.6 Å². The summed E-state index contributed by atoms with van der Waals surface area (Å²) in [6, 6.07) is 14.2. The van der Waals surface area contributed by atoms with Crippen LogP contribution in [0.3, 0.4) is 0 Å². The number of rotatable bonds is 2. The van der Waals surface area contributed by atoms with Crippen LogP contribution >= 0.6 is 0 Å². The Morgan fingerprint density at radius 1 is 1.15 bits per heavy atom. The minimum Gasteiger partial charge on any atom is -0.475 e. The molecule has 0 radical (unpaired) electrons. The van der Waals surface area contributed by atoms with Crippen molar-refractivity contribution in [2.24, 2.45) is 0 Å². The Bertz CT molecular complexity index is 976. The third kappa shape index (κ3) is 2.90. The van der Waals surface area contributed by atoms with Crippen LogP contribution in [0.4, 0.5) is 10.1 Å². The number of para-hydroxylation sites is 1. The molecule has 0 bridgehead atoms. The summed E-state index contributed by atoms with van der Waals surface area (Å²) in [7, 11) is 0. The number of halogens is 1. The van der Waals surface area contributed by atoms with Gasteiger partial charge in [0.05, 0.1) is 6.54 Å². The molecular weight excluding hydrogens is 333 g/mol. The second-order valence-corrected chi connectivity index (χ2v) is 6.02. The number of hydrogen-bond acceptors (Lipinski definition) is 4. The lowest BCUT2D eigenvalue weighted by atomic mass is 10.1. The molecule has 5 nitrogen and oxygen atoms in total. The van der Waals surface area contributed by atoms with E-state index in [4.69, 9.17) is 4.74 Å². The van der Waals surface area contributed by atoms with E-state index in [1.54, 1.807) is 24.0 Å². The van der Waals surface area contributed by atoms with Crippen LogP contribution in [-0.2, 0) is 0 Å². The van der Waals surface area contributed by atoms with Crippen molar-refractivity contribution in [1.29, 1.82) is 0 Å². The minimum absolute atomic E-state index is 0.217. The molecule has 0 N–H and O–H groups in total. The summed E-state index contributed by atoms with van der Waals surface area (Å²) in [5.41, 5.74) is 2.17. The van der Waals surface area contributed by atoms with Gasteiger partial charge in [0.15, 0.2) is 5.82 Å². The smallest absolute Gasteiger partial charge is 0.265 e. The Labute approximate surface area is 150 Å². The first kappa shape index (κ1) is 16.2. The zero-order valence-corrected chi connectivity index (χ0v) is 14.1. The van der Waals surface area contributed by atoms with Crippen molar-refractivity contribution in [2.45, 2.75) is 6.92 Å². The summed E-state index contributed by atoms with van der Waals surface area (Å²) in [6.07, 6.45) is 1.44. The molecule has 0 fully saturated rings. The molecular formula is C20H16FN3O2. The van der Waals surface area contributed by atoms with E-state index in [0.717, 1.165) is 5.69 Å². The van der Waals surface area contributed by atoms with Gasteiger partial charge in [-0.15, -0.1) is 0 Å². The number of carbonyl (C=O) groups is 1. The second-order valence-electron chi connectivity index (χ2n) is 6.02. The Balaban J connectivity index is 1.72. The topological polar surface area (TPSA) is 55.3 Å². The van der Waals surface area contributed by atoms with Crippen LogP contribution < -0.4 is 9.64 Å². The van der Waals surface area contributed by atoms with Crippen molar-refractivity contribution in [3.05, 3.63) is 71.7 Å². The fraction of sp³-hybridized carbons (Fsp3) is 0.150. The Morgan fingerprint density at radius 3 is 2.73 bits per heavy atom. The van der Waals surface area contributed by atoms with Crippen molar-refractivity contribution in [3.8, 4) is 17.3 Å². The Kier molecular flexibility index (Phi) is 4.08. The average molecular weight is 349 g/mol. The number of aromatic nitrogens is 2. The van der Waals surface area contributed by atoms with Crippen LogP contribution in [0.25, 0.3) is 11.4 Å². The molecule has 0 aliphatic carbocycles. The molecule has 130 valence electrons. The Morgan fingerprint density at radius 2 is 1.96 bits per heavy atom. The molecule has 3 aromatic rings. The van der Waals surface area contributed by atoms with Crippen molar-refractivity contribution in [1.82, 2.24) is 9.97 Å². The number of fused-ring (bicyclic) bond motifs is 1. The van der Waals surface area contributed by atoms with Gasteiger partial charge in [-0.2, -0.15) is 4.98 Å². The van der Waals surface area contributed by atoms with Gasteiger partial charge in [-0.3, -0.25) is 4.79 Å². The van der Waals surface area contributed by atoms with Gasteiger partial charge in [0.2, 0.25) is 5.88 Å². The highest BCUT2D eigenvalue weighted by Gasteiger charge is 2.26. The summed E-state index contributed by atoms with van der Waals surface area (Å²) >= 11 is 0. The van der Waals surface area contributed by atoms with Gasteiger partial charge < -0.3 is 9.64 Å². The SMILES string of the molecule is Cc1ccc(-c2ncc3c(n2)OCCN(c2ccccc2)C3=O)cc1F. The van der Waals surface area contributed by atoms with E-state index in [9.17, 15) is 9.18 Å². The first-order valence-corrected chi connectivity index (χ1v) is 8.27. The van der Waals surface area contributed by atoms with Gasteiger partial charge in [-0.05, 0) is 30.7 Å². The maximum absolute atomic E-state index is 13.8. The number of amides is 1. The van der Waals surface area contributed by atoms with Gasteiger partial charge in [0.25, 0.3) is 5.91 Å². The van der Waals surface area contributed by atoms with Crippen LogP contribution in [0.2, 0.25) is 0 Å². The van der Waals surface area contributed by atoms with Crippen LogP contribution in [0.1, 0.15) is 15.9 Å². The lowest BCUT2D eigenvalue weighted by Crippen LogP contribution is -2.32. The second kappa shape index (κ2) is 6.55. The largest absolute Gasteiger partial charge is 0.475 e. The number of benzene rings is 2. The first-order chi connectivity index (χ1) is 12.6. The minimum atomic E-state index is -0.326. The van der Waals surface area contributed by atoms with Crippen molar-refractivity contribution < 1.29 is 13.9 Å². The molecule has 0 saturated carbocycles. The molecule has 2 heterocycles. The molecule has 4 rings (SSSR count). The average Bonchev–Trinajstić information content (AvgIpc) is 2.83. The van der Waals surface area contributed by atoms with E-state index < -0.39 is 0 Å². The molecule has 1 aliphatic heterocycles. The van der Waals surface area contributed by atoms with Gasteiger partial charge in [0, 0.05) is 17.4 Å². The molecule has 1 aliphatic rings. The van der Waals surface area contributed by atoms with Crippen LogP contribution in [-0.4, -0.2) is 29.0 Å². The molecule has 2 aromatic carbocycles. The standard InChI is InChI=1S/C20H16FN3O2/c1-13-7-8-14(11-17(13)21)18-22-12-16-19(23-18)26-10-9-24(20(16)25)15-5-3-2-4-6-15/h2-8,11-12H,9-10H2,1H3. The van der Waals surface area contributed by atoms with E-state index in [2.05, 4.69) is 9.97 Å². The zero-order chi connectivity index (χ0) is 18.1. The molecule has 1 amide bonds. The van der Waals surface area contributed by atoms with Crippen molar-refractivity contribution in [3.63, 3.8) is 0 Å². The number of aryl methyl sites for hydroxylation is 1. The van der Waals surface area contributed by atoms with E-state index in [0.29, 0.717) is 35.7 Å². The third-order valence-electron chi connectivity index (χ3n) is 4.28. The third-order valence-corrected chi connectivity index (χ3v) is 4.28. The van der Waals surface area contributed by atoms with Crippen molar-refractivity contribution in [2.75, 3.05) is 18.1 Å². The molecule has 0 atom stereocenters. The van der Waals surface area contributed by atoms with Gasteiger partial charge in [0.1, 0.15) is 18.0 Å². The predicted molar refractivity (Wildman–Crippen MR) is 95.8 cm³/mol. The van der Waals surface area contributed by atoms with E-state index in [1.165, 1.54) is 12.3 Å². The number of nitrogens with zero attached hydrogens (tertiary/aromatic N) is 3. The molecule has 0 unspecified atom stereocenters. The fourth-order valence-electron chi connectivity index (χ4n) is 2.83. The zero-order valence-electron chi connectivity index (χ0n) is 14.1. The van der Waals surface area contributed by atoms with E-state index in [1.807, 2.05) is 30.3 Å². The predicted octanol–water partition coefficient (Wildman–Crippen LogP) is 3.63. The molecule has 1 aromatic heterocycles. The van der Waals surface area contributed by atoms with Gasteiger partial charge >= 0.3 is 0 Å². The maximum atomic E-state index is 13.8. The summed E-state index contributed by atoms with van der Waals surface area (Å²) in [5, 5.41) is 0. The number of anilines is 1. The molecule has 6 heteroatoms. The first-order valence-electron chi connectivity index (χ1n) is 8.27. The summed E-state index contributed by atoms with van der Waals surface area (Å²) in [5.74, 6) is 0.00153. The van der Waals surface area contributed by atoms with Crippen LogP contribution in [0.5, 0.6) is 5.88 Å². The highest BCUT2D eigenvalue weighted by molar-refractivity contribution is 6.07. The molecule has 0 saturated heterocycles. The number of ether oxygens (including phenoxy) is 1. The van der Waals surface area contributed by atoms with Crippen LogP contribution in [0, 0.1) is 12.7 Å². The monoisotopic (exact) mass is 349 g/mol.